The van der Waals surface area contributed by atoms with Crippen LogP contribution in [0.25, 0.3) is 0 Å². The van der Waals surface area contributed by atoms with E-state index in [4.69, 9.17) is 9.52 Å². The Bertz CT molecular complexity index is 633. The second-order valence-electron chi connectivity index (χ2n) is 5.33. The summed E-state index contributed by atoms with van der Waals surface area (Å²) in [6.07, 6.45) is 4.23. The maximum atomic E-state index is 8.87. The molecule has 0 saturated heterocycles. The minimum Gasteiger partial charge on any atom is -0.468 e. The topological polar surface area (TPSA) is 36.6 Å². The van der Waals surface area contributed by atoms with Crippen LogP contribution in [0.4, 0.5) is 0 Å². The van der Waals surface area contributed by atoms with Crippen molar-refractivity contribution in [3.05, 3.63) is 59.5 Å². The first-order chi connectivity index (χ1) is 10.4. The van der Waals surface area contributed by atoms with Crippen LogP contribution >= 0.6 is 0 Å². The van der Waals surface area contributed by atoms with Gasteiger partial charge in [-0.05, 0) is 36.6 Å². The second-order valence-corrected chi connectivity index (χ2v) is 5.33. The number of nitrogens with zero attached hydrogens (tertiary/aromatic N) is 1. The summed E-state index contributed by atoms with van der Waals surface area (Å²) in [5.41, 5.74) is 2.20. The lowest BCUT2D eigenvalue weighted by Gasteiger charge is -2.21. The van der Waals surface area contributed by atoms with E-state index < -0.39 is 0 Å². The Hall–Kier alpha value is -2.02. The predicted molar refractivity (Wildman–Crippen MR) is 81.4 cm³/mol. The Morgan fingerprint density at radius 3 is 2.71 bits per heavy atom. The molecule has 0 spiro atoms. The van der Waals surface area contributed by atoms with Gasteiger partial charge in [-0.3, -0.25) is 4.90 Å². The highest BCUT2D eigenvalue weighted by atomic mass is 16.3. The Kier molecular flexibility index (Phi) is 4.40. The van der Waals surface area contributed by atoms with Crippen LogP contribution < -0.4 is 0 Å². The van der Waals surface area contributed by atoms with Gasteiger partial charge in [0.1, 0.15) is 12.4 Å². The summed E-state index contributed by atoms with van der Waals surface area (Å²) in [5, 5.41) is 8.87. The molecule has 1 aliphatic carbocycles. The van der Waals surface area contributed by atoms with Gasteiger partial charge in [-0.1, -0.05) is 30.0 Å². The summed E-state index contributed by atoms with van der Waals surface area (Å²) in [5.74, 6) is 6.77. The van der Waals surface area contributed by atoms with E-state index in [1.165, 1.54) is 18.4 Å². The third-order valence-electron chi connectivity index (χ3n) is 3.70. The summed E-state index contributed by atoms with van der Waals surface area (Å²) in [6.45, 7) is 1.59. The van der Waals surface area contributed by atoms with E-state index in [9.17, 15) is 0 Å². The van der Waals surface area contributed by atoms with Crippen molar-refractivity contribution in [3.63, 3.8) is 0 Å². The van der Waals surface area contributed by atoms with Crippen LogP contribution in [0.1, 0.15) is 29.7 Å². The SMILES string of the molecule is OCC#Cc1ccccc1CN(Cc1ccco1)C1CC1. The number of aliphatic hydroxyl groups excluding tert-OH is 1. The Labute approximate surface area is 125 Å². The highest BCUT2D eigenvalue weighted by Gasteiger charge is 2.29. The minimum atomic E-state index is -0.104. The monoisotopic (exact) mass is 281 g/mol. The van der Waals surface area contributed by atoms with Gasteiger partial charge in [0.2, 0.25) is 0 Å². The molecule has 0 unspecified atom stereocenters. The van der Waals surface area contributed by atoms with Gasteiger partial charge < -0.3 is 9.52 Å². The normalized spacial score (nSPS) is 14.0. The van der Waals surface area contributed by atoms with Gasteiger partial charge in [0.05, 0.1) is 12.8 Å². The van der Waals surface area contributed by atoms with Crippen LogP contribution in [0.5, 0.6) is 0 Å². The Balaban J connectivity index is 1.76. The first kappa shape index (κ1) is 13.9. The van der Waals surface area contributed by atoms with E-state index in [2.05, 4.69) is 22.8 Å². The summed E-state index contributed by atoms with van der Waals surface area (Å²) in [7, 11) is 0. The molecule has 1 saturated carbocycles. The zero-order valence-electron chi connectivity index (χ0n) is 12.0. The van der Waals surface area contributed by atoms with Gasteiger partial charge in [-0.25, -0.2) is 0 Å². The van der Waals surface area contributed by atoms with Crippen molar-refractivity contribution in [3.8, 4) is 11.8 Å². The van der Waals surface area contributed by atoms with Crippen molar-refractivity contribution in [1.82, 2.24) is 4.90 Å². The molecule has 3 rings (SSSR count). The van der Waals surface area contributed by atoms with Crippen molar-refractivity contribution in [2.75, 3.05) is 6.61 Å². The molecule has 0 bridgehead atoms. The molecule has 1 aromatic carbocycles. The fraction of sp³-hybridized carbons (Fsp3) is 0.333. The lowest BCUT2D eigenvalue weighted by atomic mass is 10.1. The van der Waals surface area contributed by atoms with Crippen LogP contribution in [0, 0.1) is 11.8 Å². The van der Waals surface area contributed by atoms with E-state index in [0.717, 1.165) is 24.4 Å². The van der Waals surface area contributed by atoms with Crippen molar-refractivity contribution in [1.29, 1.82) is 0 Å². The molecule has 1 fully saturated rings. The number of benzene rings is 1. The number of hydrogen-bond donors (Lipinski definition) is 1. The molecule has 108 valence electrons. The molecule has 1 aromatic heterocycles. The van der Waals surface area contributed by atoms with E-state index >= 15 is 0 Å². The van der Waals surface area contributed by atoms with Crippen LogP contribution in [0.15, 0.2) is 47.1 Å². The van der Waals surface area contributed by atoms with Gasteiger partial charge in [0.15, 0.2) is 0 Å². The molecule has 0 radical (unpaired) electrons. The molecule has 1 aliphatic rings. The number of hydrogen-bond acceptors (Lipinski definition) is 3. The lowest BCUT2D eigenvalue weighted by Crippen LogP contribution is -2.25. The minimum absolute atomic E-state index is 0.104. The molecule has 0 amide bonds. The molecule has 21 heavy (non-hydrogen) atoms. The van der Waals surface area contributed by atoms with E-state index in [1.54, 1.807) is 6.26 Å². The summed E-state index contributed by atoms with van der Waals surface area (Å²) in [4.78, 5) is 2.44. The third-order valence-corrected chi connectivity index (χ3v) is 3.70. The van der Waals surface area contributed by atoms with E-state index in [0.29, 0.717) is 6.04 Å². The molecular formula is C18H19NO2. The molecule has 3 nitrogen and oxygen atoms in total. The number of furan rings is 1. The summed E-state index contributed by atoms with van der Waals surface area (Å²) in [6, 6.07) is 12.7. The van der Waals surface area contributed by atoms with Crippen LogP contribution in [-0.4, -0.2) is 22.7 Å². The fourth-order valence-electron chi connectivity index (χ4n) is 2.49. The fourth-order valence-corrected chi connectivity index (χ4v) is 2.49. The van der Waals surface area contributed by atoms with Gasteiger partial charge in [0.25, 0.3) is 0 Å². The Morgan fingerprint density at radius 1 is 1.14 bits per heavy atom. The lowest BCUT2D eigenvalue weighted by molar-refractivity contribution is 0.225. The van der Waals surface area contributed by atoms with Crippen LogP contribution in [0.3, 0.4) is 0 Å². The zero-order chi connectivity index (χ0) is 14.5. The Morgan fingerprint density at radius 2 is 2.00 bits per heavy atom. The first-order valence-corrected chi connectivity index (χ1v) is 7.31. The highest BCUT2D eigenvalue weighted by Crippen LogP contribution is 2.30. The van der Waals surface area contributed by atoms with Crippen molar-refractivity contribution in [2.45, 2.75) is 32.0 Å². The molecule has 2 aromatic rings. The molecule has 0 aliphatic heterocycles. The molecule has 1 N–H and O–H groups in total. The average Bonchev–Trinajstić information content (AvgIpc) is 3.23. The van der Waals surface area contributed by atoms with Crippen molar-refractivity contribution in [2.24, 2.45) is 0 Å². The number of rotatable bonds is 5. The van der Waals surface area contributed by atoms with Crippen molar-refractivity contribution >= 4 is 0 Å². The summed E-state index contributed by atoms with van der Waals surface area (Å²) < 4.78 is 5.47. The smallest absolute Gasteiger partial charge is 0.117 e. The first-order valence-electron chi connectivity index (χ1n) is 7.31. The maximum Gasteiger partial charge on any atom is 0.117 e. The standard InChI is InChI=1S/C18H19NO2/c20-11-3-7-15-5-1-2-6-16(15)13-19(17-9-10-17)14-18-8-4-12-21-18/h1-2,4-6,8,12,17,20H,9-11,13-14H2. The van der Waals surface area contributed by atoms with Gasteiger partial charge in [-0.2, -0.15) is 0 Å². The van der Waals surface area contributed by atoms with Gasteiger partial charge in [0, 0.05) is 18.2 Å². The van der Waals surface area contributed by atoms with Gasteiger partial charge in [-0.15, -0.1) is 0 Å². The highest BCUT2D eigenvalue weighted by molar-refractivity contribution is 5.41. The quantitative estimate of drug-likeness (QED) is 0.856. The number of aliphatic hydroxyl groups is 1. The van der Waals surface area contributed by atoms with E-state index in [-0.39, 0.29) is 6.61 Å². The van der Waals surface area contributed by atoms with Crippen LogP contribution in [-0.2, 0) is 13.1 Å². The molecule has 3 heteroatoms. The average molecular weight is 281 g/mol. The summed E-state index contributed by atoms with van der Waals surface area (Å²) >= 11 is 0. The largest absolute Gasteiger partial charge is 0.468 e. The predicted octanol–water partition coefficient (Wildman–Crippen LogP) is 2.79. The van der Waals surface area contributed by atoms with Crippen molar-refractivity contribution < 1.29 is 9.52 Å². The van der Waals surface area contributed by atoms with E-state index in [1.807, 2.05) is 30.3 Å². The molecule has 0 atom stereocenters. The molecule has 1 heterocycles. The zero-order valence-corrected chi connectivity index (χ0v) is 12.0. The molecular weight excluding hydrogens is 262 g/mol. The maximum absolute atomic E-state index is 8.87. The van der Waals surface area contributed by atoms with Crippen LogP contribution in [0.2, 0.25) is 0 Å². The van der Waals surface area contributed by atoms with Gasteiger partial charge >= 0.3 is 0 Å². The second kappa shape index (κ2) is 6.62. The third kappa shape index (κ3) is 3.75.